The molecule has 0 spiro atoms. The van der Waals surface area contributed by atoms with Crippen molar-refractivity contribution in [2.75, 3.05) is 24.3 Å². The average Bonchev–Trinajstić information content (AvgIpc) is 3.05. The smallest absolute Gasteiger partial charge is 0.261 e. The van der Waals surface area contributed by atoms with Crippen LogP contribution in [0.4, 0.5) is 19.7 Å². The van der Waals surface area contributed by atoms with Crippen LogP contribution in [0, 0.1) is 11.6 Å². The van der Waals surface area contributed by atoms with E-state index in [9.17, 15) is 13.6 Å². The van der Waals surface area contributed by atoms with Gasteiger partial charge in [-0.2, -0.15) is 0 Å². The number of hydrogen-bond donors (Lipinski definition) is 1. The number of thiazole rings is 1. The first-order valence-electron chi connectivity index (χ1n) is 7.76. The number of aromatic nitrogens is 2. The maximum Gasteiger partial charge on any atom is 0.261 e. The Bertz CT molecular complexity index is 942. The summed E-state index contributed by atoms with van der Waals surface area (Å²) in [6, 6.07) is 7.16. The van der Waals surface area contributed by atoms with Crippen LogP contribution < -0.4 is 10.2 Å². The lowest BCUT2D eigenvalue weighted by molar-refractivity contribution is 0.102. The minimum absolute atomic E-state index is 0.310. The number of carbonyl (C=O) groups excluding carboxylic acids is 1. The van der Waals surface area contributed by atoms with Gasteiger partial charge in [-0.15, -0.1) is 11.3 Å². The van der Waals surface area contributed by atoms with Crippen molar-refractivity contribution in [3.05, 3.63) is 70.4 Å². The second-order valence-electron chi connectivity index (χ2n) is 5.78. The lowest BCUT2D eigenvalue weighted by atomic mass is 10.1. The zero-order chi connectivity index (χ0) is 18.7. The molecule has 5 nitrogen and oxygen atoms in total. The lowest BCUT2D eigenvalue weighted by Crippen LogP contribution is -2.19. The fraction of sp³-hybridized carbons (Fsp3) is 0.167. The molecular formula is C18H16F2N4OS. The third-order valence-electron chi connectivity index (χ3n) is 3.59. The molecule has 3 aromatic rings. The van der Waals surface area contributed by atoms with Crippen molar-refractivity contribution in [1.29, 1.82) is 0 Å². The summed E-state index contributed by atoms with van der Waals surface area (Å²) in [5.74, 6) is -1.51. The first-order chi connectivity index (χ1) is 12.4. The summed E-state index contributed by atoms with van der Waals surface area (Å²) in [5, 5.41) is 3.18. The molecule has 0 atom stereocenters. The van der Waals surface area contributed by atoms with Gasteiger partial charge in [0.25, 0.3) is 5.91 Å². The van der Waals surface area contributed by atoms with Crippen LogP contribution in [0.5, 0.6) is 0 Å². The summed E-state index contributed by atoms with van der Waals surface area (Å²) < 4.78 is 26.3. The standard InChI is InChI=1S/C18H16F2N4OS/c1-24(2)16-13(4-3-7-21-16)17(25)23-18-22-10-12(26-18)8-11-5-6-14(19)15(20)9-11/h3-7,9-10H,8H2,1-2H3,(H,22,23,25). The van der Waals surface area contributed by atoms with E-state index in [0.717, 1.165) is 17.0 Å². The number of carbonyl (C=O) groups is 1. The van der Waals surface area contributed by atoms with Crippen LogP contribution in [-0.4, -0.2) is 30.0 Å². The molecule has 1 N–H and O–H groups in total. The molecule has 0 aliphatic carbocycles. The van der Waals surface area contributed by atoms with Gasteiger partial charge < -0.3 is 4.90 Å². The fourth-order valence-electron chi connectivity index (χ4n) is 2.39. The fourth-order valence-corrected chi connectivity index (χ4v) is 3.23. The number of nitrogens with one attached hydrogen (secondary N) is 1. The number of amides is 1. The molecule has 26 heavy (non-hydrogen) atoms. The highest BCUT2D eigenvalue weighted by molar-refractivity contribution is 7.15. The van der Waals surface area contributed by atoms with E-state index >= 15 is 0 Å². The summed E-state index contributed by atoms with van der Waals surface area (Å²) in [4.78, 5) is 23.4. The Morgan fingerprint density at radius 2 is 2.00 bits per heavy atom. The quantitative estimate of drug-likeness (QED) is 0.739. The van der Waals surface area contributed by atoms with Gasteiger partial charge in [-0.1, -0.05) is 6.07 Å². The third-order valence-corrected chi connectivity index (χ3v) is 4.50. The van der Waals surface area contributed by atoms with E-state index in [1.165, 1.54) is 17.4 Å². The van der Waals surface area contributed by atoms with Crippen LogP contribution in [0.25, 0.3) is 0 Å². The van der Waals surface area contributed by atoms with E-state index in [0.29, 0.717) is 28.5 Å². The van der Waals surface area contributed by atoms with E-state index in [4.69, 9.17) is 0 Å². The molecular weight excluding hydrogens is 358 g/mol. The minimum atomic E-state index is -0.881. The summed E-state index contributed by atoms with van der Waals surface area (Å²) in [6.45, 7) is 0. The van der Waals surface area contributed by atoms with Crippen molar-refractivity contribution in [3.8, 4) is 0 Å². The largest absolute Gasteiger partial charge is 0.362 e. The third kappa shape index (κ3) is 4.02. The predicted molar refractivity (Wildman–Crippen MR) is 97.8 cm³/mol. The Kier molecular flexibility index (Phi) is 5.22. The van der Waals surface area contributed by atoms with Crippen molar-refractivity contribution in [2.45, 2.75) is 6.42 Å². The van der Waals surface area contributed by atoms with Crippen molar-refractivity contribution >= 4 is 28.2 Å². The highest BCUT2D eigenvalue weighted by atomic mass is 32.1. The molecule has 0 bridgehead atoms. The molecule has 0 saturated carbocycles. The monoisotopic (exact) mass is 374 g/mol. The van der Waals surface area contributed by atoms with Gasteiger partial charge in [0.05, 0.1) is 5.56 Å². The predicted octanol–water partition coefficient (Wildman–Crippen LogP) is 3.73. The minimum Gasteiger partial charge on any atom is -0.362 e. The van der Waals surface area contributed by atoms with Crippen molar-refractivity contribution in [3.63, 3.8) is 0 Å². The van der Waals surface area contributed by atoms with Gasteiger partial charge in [-0.3, -0.25) is 10.1 Å². The molecule has 1 aromatic carbocycles. The Labute approximate surface area is 153 Å². The zero-order valence-corrected chi connectivity index (χ0v) is 15.0. The summed E-state index contributed by atoms with van der Waals surface area (Å²) in [7, 11) is 3.62. The number of halogens is 2. The SMILES string of the molecule is CN(C)c1ncccc1C(=O)Nc1ncc(Cc2ccc(F)c(F)c2)s1. The van der Waals surface area contributed by atoms with Gasteiger partial charge in [0.1, 0.15) is 5.82 Å². The number of pyridine rings is 1. The molecule has 0 unspecified atom stereocenters. The molecule has 2 heterocycles. The van der Waals surface area contributed by atoms with Crippen molar-refractivity contribution in [2.24, 2.45) is 0 Å². The molecule has 2 aromatic heterocycles. The normalized spacial score (nSPS) is 10.6. The molecule has 1 amide bonds. The molecule has 8 heteroatoms. The first kappa shape index (κ1) is 17.9. The van der Waals surface area contributed by atoms with Crippen LogP contribution >= 0.6 is 11.3 Å². The van der Waals surface area contributed by atoms with Gasteiger partial charge in [-0.25, -0.2) is 18.7 Å². The molecule has 0 aliphatic heterocycles. The topological polar surface area (TPSA) is 58.1 Å². The second kappa shape index (κ2) is 7.57. The average molecular weight is 374 g/mol. The number of anilines is 2. The highest BCUT2D eigenvalue weighted by Crippen LogP contribution is 2.23. The van der Waals surface area contributed by atoms with E-state index < -0.39 is 11.6 Å². The first-order valence-corrected chi connectivity index (χ1v) is 8.58. The van der Waals surface area contributed by atoms with Gasteiger partial charge in [0.2, 0.25) is 0 Å². The van der Waals surface area contributed by atoms with Crippen molar-refractivity contribution in [1.82, 2.24) is 9.97 Å². The molecule has 134 valence electrons. The van der Waals surface area contributed by atoms with Crippen LogP contribution in [0.2, 0.25) is 0 Å². The summed E-state index contributed by atoms with van der Waals surface area (Å²) in [5.41, 5.74) is 1.07. The van der Waals surface area contributed by atoms with E-state index in [1.54, 1.807) is 29.4 Å². The molecule has 0 radical (unpaired) electrons. The van der Waals surface area contributed by atoms with E-state index in [-0.39, 0.29) is 5.91 Å². The van der Waals surface area contributed by atoms with Gasteiger partial charge >= 0.3 is 0 Å². The van der Waals surface area contributed by atoms with E-state index in [2.05, 4.69) is 15.3 Å². The Hall–Kier alpha value is -2.87. The number of rotatable bonds is 5. The van der Waals surface area contributed by atoms with Crippen LogP contribution in [0.1, 0.15) is 20.8 Å². The van der Waals surface area contributed by atoms with Gasteiger partial charge in [0, 0.05) is 37.8 Å². The van der Waals surface area contributed by atoms with Crippen LogP contribution in [-0.2, 0) is 6.42 Å². The maximum absolute atomic E-state index is 13.3. The number of hydrogen-bond acceptors (Lipinski definition) is 5. The molecule has 0 saturated heterocycles. The Balaban J connectivity index is 1.72. The number of nitrogens with zero attached hydrogens (tertiary/aromatic N) is 3. The number of benzene rings is 1. The maximum atomic E-state index is 13.3. The molecule has 3 rings (SSSR count). The van der Waals surface area contributed by atoms with Gasteiger partial charge in [0.15, 0.2) is 16.8 Å². The molecule has 0 fully saturated rings. The molecule has 0 aliphatic rings. The summed E-state index contributed by atoms with van der Waals surface area (Å²) in [6.07, 6.45) is 3.63. The van der Waals surface area contributed by atoms with Crippen LogP contribution in [0.15, 0.2) is 42.7 Å². The van der Waals surface area contributed by atoms with Crippen LogP contribution in [0.3, 0.4) is 0 Å². The zero-order valence-electron chi connectivity index (χ0n) is 14.2. The van der Waals surface area contributed by atoms with Crippen molar-refractivity contribution < 1.29 is 13.6 Å². The summed E-state index contributed by atoms with van der Waals surface area (Å²) >= 11 is 1.28. The second-order valence-corrected chi connectivity index (χ2v) is 6.90. The van der Waals surface area contributed by atoms with Gasteiger partial charge in [-0.05, 0) is 29.8 Å². The highest BCUT2D eigenvalue weighted by Gasteiger charge is 2.15. The lowest BCUT2D eigenvalue weighted by Gasteiger charge is -2.14. The Morgan fingerprint density at radius 1 is 1.19 bits per heavy atom. The Morgan fingerprint density at radius 3 is 2.73 bits per heavy atom. The van der Waals surface area contributed by atoms with E-state index in [1.807, 2.05) is 14.1 Å².